The summed E-state index contributed by atoms with van der Waals surface area (Å²) in [4.78, 5) is 0. The fourth-order valence-corrected chi connectivity index (χ4v) is 4.17. The van der Waals surface area contributed by atoms with Crippen LogP contribution in [0.2, 0.25) is 0 Å². The number of nitrogens with zero attached hydrogens (tertiary/aromatic N) is 2. The molecule has 0 amide bonds. The Hall–Kier alpha value is -2.79. The van der Waals surface area contributed by atoms with Gasteiger partial charge in [-0.05, 0) is 62.4 Å². The Morgan fingerprint density at radius 1 is 1.10 bits per heavy atom. The molecule has 0 spiro atoms. The minimum Gasteiger partial charge on any atom is -0.493 e. The molecule has 5 nitrogen and oxygen atoms in total. The van der Waals surface area contributed by atoms with Crippen LogP contribution in [0.4, 0.5) is 0 Å². The zero-order chi connectivity index (χ0) is 20.4. The van der Waals surface area contributed by atoms with Crippen molar-refractivity contribution in [1.82, 2.24) is 15.1 Å². The van der Waals surface area contributed by atoms with E-state index in [1.165, 1.54) is 22.4 Å². The predicted molar refractivity (Wildman–Crippen MR) is 115 cm³/mol. The molecular formula is C24H29N3O2. The minimum absolute atomic E-state index is 0.287. The lowest BCUT2D eigenvalue weighted by Gasteiger charge is -2.25. The Morgan fingerprint density at radius 3 is 2.72 bits per heavy atom. The van der Waals surface area contributed by atoms with Crippen LogP contribution in [0.25, 0.3) is 5.69 Å². The summed E-state index contributed by atoms with van der Waals surface area (Å²) < 4.78 is 13.1. The average Bonchev–Trinajstić information content (AvgIpc) is 3.18. The molecule has 29 heavy (non-hydrogen) atoms. The lowest BCUT2D eigenvalue weighted by atomic mass is 9.92. The largest absolute Gasteiger partial charge is 0.493 e. The molecule has 1 aliphatic carbocycles. The smallest absolute Gasteiger partial charge is 0.165 e. The highest BCUT2D eigenvalue weighted by molar-refractivity contribution is 5.47. The molecule has 1 unspecified atom stereocenters. The highest BCUT2D eigenvalue weighted by Gasteiger charge is 2.25. The number of rotatable bonds is 6. The molecule has 2 aromatic carbocycles. The van der Waals surface area contributed by atoms with Gasteiger partial charge in [-0.1, -0.05) is 18.2 Å². The van der Waals surface area contributed by atoms with Crippen molar-refractivity contribution >= 4 is 0 Å². The summed E-state index contributed by atoms with van der Waals surface area (Å²) in [5, 5.41) is 8.45. The molecule has 0 radical (unpaired) electrons. The number of ether oxygens (including phenoxy) is 2. The number of aromatic nitrogens is 2. The summed E-state index contributed by atoms with van der Waals surface area (Å²) in [6, 6.07) is 12.9. The molecule has 0 bridgehead atoms. The maximum absolute atomic E-state index is 5.58. The van der Waals surface area contributed by atoms with Gasteiger partial charge >= 0.3 is 0 Å². The van der Waals surface area contributed by atoms with Gasteiger partial charge in [-0.2, -0.15) is 5.10 Å². The first-order valence-electron chi connectivity index (χ1n) is 10.2. The molecule has 1 N–H and O–H groups in total. The lowest BCUT2D eigenvalue weighted by molar-refractivity contribution is 0.349. The maximum atomic E-state index is 5.58. The van der Waals surface area contributed by atoms with E-state index in [1.807, 2.05) is 18.3 Å². The minimum atomic E-state index is 0.287. The van der Waals surface area contributed by atoms with Gasteiger partial charge in [-0.3, -0.25) is 0 Å². The second-order valence-electron chi connectivity index (χ2n) is 7.71. The van der Waals surface area contributed by atoms with Crippen LogP contribution in [0.1, 0.15) is 46.8 Å². The summed E-state index contributed by atoms with van der Waals surface area (Å²) in [6.07, 6.45) is 5.35. The van der Waals surface area contributed by atoms with Gasteiger partial charge in [0.1, 0.15) is 0 Å². The highest BCUT2D eigenvalue weighted by Crippen LogP contribution is 2.34. The fourth-order valence-electron chi connectivity index (χ4n) is 4.17. The highest BCUT2D eigenvalue weighted by atomic mass is 16.5. The van der Waals surface area contributed by atoms with E-state index in [-0.39, 0.29) is 6.04 Å². The van der Waals surface area contributed by atoms with Crippen molar-refractivity contribution in [1.29, 1.82) is 0 Å². The molecular weight excluding hydrogens is 362 g/mol. The quantitative estimate of drug-likeness (QED) is 0.663. The van der Waals surface area contributed by atoms with Crippen LogP contribution in [0.3, 0.4) is 0 Å². The van der Waals surface area contributed by atoms with Crippen molar-refractivity contribution in [2.75, 3.05) is 14.2 Å². The van der Waals surface area contributed by atoms with E-state index >= 15 is 0 Å². The number of nitrogens with one attached hydrogen (secondary N) is 1. The normalized spacial score (nSPS) is 15.8. The van der Waals surface area contributed by atoms with E-state index in [9.17, 15) is 0 Å². The average molecular weight is 392 g/mol. The number of aryl methyl sites for hydroxylation is 2. The molecule has 1 aromatic heterocycles. The van der Waals surface area contributed by atoms with E-state index in [0.29, 0.717) is 0 Å². The molecule has 0 saturated carbocycles. The number of fused-ring (bicyclic) bond motifs is 1. The Labute approximate surface area is 172 Å². The third kappa shape index (κ3) is 3.75. The van der Waals surface area contributed by atoms with E-state index in [2.05, 4.69) is 48.1 Å². The lowest BCUT2D eigenvalue weighted by Crippen LogP contribution is -2.25. The predicted octanol–water partition coefficient (Wildman–Crippen LogP) is 4.67. The van der Waals surface area contributed by atoms with Gasteiger partial charge in [0.15, 0.2) is 11.5 Å². The monoisotopic (exact) mass is 391 g/mol. The third-order valence-electron chi connectivity index (χ3n) is 5.94. The van der Waals surface area contributed by atoms with Crippen LogP contribution < -0.4 is 14.8 Å². The Bertz CT molecular complexity index is 1010. The second kappa shape index (κ2) is 8.29. The van der Waals surface area contributed by atoms with E-state index < -0.39 is 0 Å². The van der Waals surface area contributed by atoms with Gasteiger partial charge in [-0.25, -0.2) is 4.68 Å². The summed E-state index contributed by atoms with van der Waals surface area (Å²) in [5.41, 5.74) is 7.46. The van der Waals surface area contributed by atoms with Crippen LogP contribution in [-0.4, -0.2) is 24.0 Å². The molecule has 1 aliphatic rings. The molecule has 0 aliphatic heterocycles. The number of hydrogen-bond donors (Lipinski definition) is 1. The zero-order valence-electron chi connectivity index (χ0n) is 17.7. The van der Waals surface area contributed by atoms with Gasteiger partial charge in [0.05, 0.1) is 26.1 Å². The molecule has 152 valence electrons. The van der Waals surface area contributed by atoms with E-state index in [0.717, 1.165) is 48.6 Å². The van der Waals surface area contributed by atoms with Crippen LogP contribution in [-0.2, 0) is 13.0 Å². The molecule has 5 heteroatoms. The number of benzene rings is 2. The first-order valence-corrected chi connectivity index (χ1v) is 10.2. The van der Waals surface area contributed by atoms with E-state index in [4.69, 9.17) is 14.6 Å². The first kappa shape index (κ1) is 19.5. The summed E-state index contributed by atoms with van der Waals surface area (Å²) in [6.45, 7) is 5.02. The van der Waals surface area contributed by atoms with Crippen LogP contribution in [0.5, 0.6) is 11.5 Å². The SMILES string of the molecule is COc1cccc(CNC2CCCc3c2cnn3-c2ccc(C)c(C)c2)c1OC. The second-order valence-corrected chi connectivity index (χ2v) is 7.71. The Kier molecular flexibility index (Phi) is 5.58. The van der Waals surface area contributed by atoms with Crippen LogP contribution in [0.15, 0.2) is 42.6 Å². The number of methoxy groups -OCH3 is 2. The topological polar surface area (TPSA) is 48.3 Å². The number of para-hydroxylation sites is 1. The standard InChI is InChI=1S/C24H29N3O2/c1-16-11-12-19(13-17(16)2)27-22-9-6-8-21(20(22)15-26-27)25-14-18-7-5-10-23(28-3)24(18)29-4/h5,7,10-13,15,21,25H,6,8-9,14H2,1-4H3. The summed E-state index contributed by atoms with van der Waals surface area (Å²) in [7, 11) is 3.36. The van der Waals surface area contributed by atoms with Crippen molar-refractivity contribution in [3.05, 3.63) is 70.5 Å². The summed E-state index contributed by atoms with van der Waals surface area (Å²) >= 11 is 0. The Balaban J connectivity index is 1.57. The van der Waals surface area contributed by atoms with Crippen LogP contribution in [0, 0.1) is 13.8 Å². The van der Waals surface area contributed by atoms with Gasteiger partial charge in [-0.15, -0.1) is 0 Å². The third-order valence-corrected chi connectivity index (χ3v) is 5.94. The van der Waals surface area contributed by atoms with Crippen molar-refractivity contribution < 1.29 is 9.47 Å². The van der Waals surface area contributed by atoms with Crippen molar-refractivity contribution in [3.8, 4) is 17.2 Å². The molecule has 0 fully saturated rings. The van der Waals surface area contributed by atoms with Crippen molar-refractivity contribution in [2.45, 2.75) is 45.7 Å². The molecule has 1 heterocycles. The van der Waals surface area contributed by atoms with E-state index in [1.54, 1.807) is 14.2 Å². The van der Waals surface area contributed by atoms with Crippen LogP contribution >= 0.6 is 0 Å². The molecule has 4 rings (SSSR count). The fraction of sp³-hybridized carbons (Fsp3) is 0.375. The van der Waals surface area contributed by atoms with Gasteiger partial charge in [0, 0.05) is 29.4 Å². The van der Waals surface area contributed by atoms with Gasteiger partial charge in [0.2, 0.25) is 0 Å². The molecule has 1 atom stereocenters. The van der Waals surface area contributed by atoms with Gasteiger partial charge < -0.3 is 14.8 Å². The zero-order valence-corrected chi connectivity index (χ0v) is 17.7. The number of hydrogen-bond acceptors (Lipinski definition) is 4. The summed E-state index contributed by atoms with van der Waals surface area (Å²) in [5.74, 6) is 1.56. The van der Waals surface area contributed by atoms with Crippen molar-refractivity contribution in [2.24, 2.45) is 0 Å². The molecule has 0 saturated heterocycles. The maximum Gasteiger partial charge on any atom is 0.165 e. The van der Waals surface area contributed by atoms with Crippen molar-refractivity contribution in [3.63, 3.8) is 0 Å². The van der Waals surface area contributed by atoms with Gasteiger partial charge in [0.25, 0.3) is 0 Å². The Morgan fingerprint density at radius 2 is 1.97 bits per heavy atom. The molecule has 3 aromatic rings. The first-order chi connectivity index (χ1) is 14.1.